The van der Waals surface area contributed by atoms with Gasteiger partial charge in [-0.25, -0.2) is 0 Å². The molecule has 3 aromatic rings. The summed E-state index contributed by atoms with van der Waals surface area (Å²) in [5.41, 5.74) is 5.84. The lowest BCUT2D eigenvalue weighted by molar-refractivity contribution is 0.102. The third kappa shape index (κ3) is 5.64. The monoisotopic (exact) mass is 508 g/mol. The molecule has 0 bridgehead atoms. The van der Waals surface area contributed by atoms with Gasteiger partial charge in [-0.05, 0) is 78.6 Å². The highest BCUT2D eigenvalue weighted by Crippen LogP contribution is 2.24. The van der Waals surface area contributed by atoms with E-state index in [4.69, 9.17) is 0 Å². The lowest BCUT2D eigenvalue weighted by Gasteiger charge is -2.20. The van der Waals surface area contributed by atoms with E-state index in [2.05, 4.69) is 63.9 Å². The third-order valence-electron chi connectivity index (χ3n) is 6.32. The second kappa shape index (κ2) is 11.5. The molecule has 174 valence electrons. The number of anilines is 1. The number of carbonyl (C=O) groups excluding carboxylic acids is 1. The first kappa shape index (κ1) is 25.0. The van der Waals surface area contributed by atoms with E-state index in [0.29, 0.717) is 10.2 Å². The highest BCUT2D eigenvalue weighted by atomic mass is 79.9. The fourth-order valence-electron chi connectivity index (χ4n) is 4.37. The number of aryl methyl sites for hydroxylation is 3. The zero-order valence-electron chi connectivity index (χ0n) is 20.0. The normalized spacial score (nSPS) is 10.9. The third-order valence-corrected chi connectivity index (χ3v) is 7.25. The Bertz CT molecular complexity index is 1160. The highest BCUT2D eigenvalue weighted by Gasteiger charge is 2.22. The van der Waals surface area contributed by atoms with Gasteiger partial charge in [-0.3, -0.25) is 9.59 Å². The maximum atomic E-state index is 13.4. The smallest absolute Gasteiger partial charge is 0.261 e. The Morgan fingerprint density at radius 2 is 1.55 bits per heavy atom. The first-order chi connectivity index (χ1) is 15.9. The number of rotatable bonds is 9. The average Bonchev–Trinajstić information content (AvgIpc) is 2.83. The van der Waals surface area contributed by atoms with Crippen LogP contribution in [0.2, 0.25) is 0 Å². The van der Waals surface area contributed by atoms with Crippen LogP contribution < -0.4 is 10.7 Å². The molecule has 5 heteroatoms. The van der Waals surface area contributed by atoms with E-state index >= 15 is 0 Å². The predicted molar refractivity (Wildman–Crippen MR) is 140 cm³/mol. The van der Waals surface area contributed by atoms with Crippen molar-refractivity contribution in [3.05, 3.63) is 96.9 Å². The highest BCUT2D eigenvalue weighted by molar-refractivity contribution is 9.10. The number of hydrogen-bond donors (Lipinski definition) is 1. The van der Waals surface area contributed by atoms with Crippen LogP contribution in [0.3, 0.4) is 0 Å². The van der Waals surface area contributed by atoms with Crippen LogP contribution in [0.25, 0.3) is 0 Å². The molecular weight excluding hydrogens is 476 g/mol. The Kier molecular flexibility index (Phi) is 8.67. The van der Waals surface area contributed by atoms with Crippen molar-refractivity contribution >= 4 is 27.5 Å². The summed E-state index contributed by atoms with van der Waals surface area (Å²) >= 11 is 3.46. The van der Waals surface area contributed by atoms with Gasteiger partial charge < -0.3 is 9.88 Å². The Morgan fingerprint density at radius 1 is 0.909 bits per heavy atom. The molecule has 33 heavy (non-hydrogen) atoms. The van der Waals surface area contributed by atoms with Crippen molar-refractivity contribution in [2.45, 2.75) is 66.3 Å². The molecule has 1 heterocycles. The molecule has 2 aromatic carbocycles. The van der Waals surface area contributed by atoms with E-state index in [9.17, 15) is 9.59 Å². The Balaban J connectivity index is 1.86. The van der Waals surface area contributed by atoms with Gasteiger partial charge in [0, 0.05) is 23.6 Å². The summed E-state index contributed by atoms with van der Waals surface area (Å²) in [6, 6.07) is 16.5. The number of hydrogen-bond acceptors (Lipinski definition) is 2. The van der Waals surface area contributed by atoms with Crippen molar-refractivity contribution < 1.29 is 4.79 Å². The molecule has 0 saturated carbocycles. The van der Waals surface area contributed by atoms with Gasteiger partial charge in [-0.2, -0.15) is 0 Å². The van der Waals surface area contributed by atoms with Crippen molar-refractivity contribution in [2.24, 2.45) is 0 Å². The van der Waals surface area contributed by atoms with Crippen molar-refractivity contribution in [1.29, 1.82) is 0 Å². The number of benzene rings is 2. The standard InChI is InChI=1S/C28H33BrN2O2/c1-5-22-16-12-17-23(6-2)26(22)30-28(33)24-19(3)31(20(4)25(29)27(24)32)18-11-10-15-21-13-8-7-9-14-21/h7-9,12-14,16-17H,5-6,10-11,15,18H2,1-4H3,(H,30,33). The summed E-state index contributed by atoms with van der Waals surface area (Å²) in [5, 5.41) is 3.07. The molecule has 0 unspecified atom stereocenters. The van der Waals surface area contributed by atoms with E-state index < -0.39 is 0 Å². The number of pyridine rings is 1. The van der Waals surface area contributed by atoms with Gasteiger partial charge in [-0.1, -0.05) is 62.4 Å². The summed E-state index contributed by atoms with van der Waals surface area (Å²) in [4.78, 5) is 26.5. The molecule has 1 N–H and O–H groups in total. The molecule has 0 aliphatic carbocycles. The molecule has 0 fully saturated rings. The van der Waals surface area contributed by atoms with Gasteiger partial charge in [0.15, 0.2) is 0 Å². The van der Waals surface area contributed by atoms with Gasteiger partial charge in [-0.15, -0.1) is 0 Å². The lowest BCUT2D eigenvalue weighted by atomic mass is 10.0. The fraction of sp³-hybridized carbons (Fsp3) is 0.357. The molecule has 4 nitrogen and oxygen atoms in total. The maximum absolute atomic E-state index is 13.4. The Morgan fingerprint density at radius 3 is 2.15 bits per heavy atom. The SMILES string of the molecule is CCc1cccc(CC)c1NC(=O)c1c(C)n(CCCCc2ccccc2)c(C)c(Br)c1=O. The quantitative estimate of drug-likeness (QED) is 0.329. The number of aromatic nitrogens is 1. The molecule has 3 rings (SSSR count). The van der Waals surface area contributed by atoms with Crippen LogP contribution in [0, 0.1) is 13.8 Å². The minimum absolute atomic E-state index is 0.212. The van der Waals surface area contributed by atoms with Crippen molar-refractivity contribution in [1.82, 2.24) is 4.57 Å². The second-order valence-corrected chi connectivity index (χ2v) is 9.19. The molecule has 0 aliphatic heterocycles. The molecule has 0 spiro atoms. The number of nitrogens with zero attached hydrogens (tertiary/aromatic N) is 1. The molecular formula is C28H33BrN2O2. The first-order valence-electron chi connectivity index (χ1n) is 11.7. The molecule has 1 amide bonds. The number of carbonyl (C=O) groups is 1. The van der Waals surface area contributed by atoms with E-state index in [1.165, 1.54) is 5.56 Å². The zero-order valence-corrected chi connectivity index (χ0v) is 21.6. The summed E-state index contributed by atoms with van der Waals surface area (Å²) in [5.74, 6) is -0.341. The lowest BCUT2D eigenvalue weighted by Crippen LogP contribution is -2.29. The van der Waals surface area contributed by atoms with Crippen LogP contribution in [0.1, 0.15) is 65.1 Å². The van der Waals surface area contributed by atoms with Crippen LogP contribution in [0.4, 0.5) is 5.69 Å². The van der Waals surface area contributed by atoms with Gasteiger partial charge in [0.05, 0.1) is 4.47 Å². The zero-order chi connectivity index (χ0) is 24.0. The van der Waals surface area contributed by atoms with Gasteiger partial charge in [0.1, 0.15) is 5.56 Å². The van der Waals surface area contributed by atoms with E-state index in [1.54, 1.807) is 0 Å². The minimum atomic E-state index is -0.341. The first-order valence-corrected chi connectivity index (χ1v) is 12.5. The largest absolute Gasteiger partial charge is 0.347 e. The van der Waals surface area contributed by atoms with Crippen molar-refractivity contribution in [2.75, 3.05) is 5.32 Å². The summed E-state index contributed by atoms with van der Waals surface area (Å²) < 4.78 is 2.55. The van der Waals surface area contributed by atoms with Crippen LogP contribution in [-0.2, 0) is 25.8 Å². The minimum Gasteiger partial charge on any atom is -0.347 e. The van der Waals surface area contributed by atoms with Crippen LogP contribution in [-0.4, -0.2) is 10.5 Å². The predicted octanol–water partition coefficient (Wildman–Crippen LogP) is 6.63. The maximum Gasteiger partial charge on any atom is 0.261 e. The Labute approximate surface area is 205 Å². The molecule has 0 aliphatic rings. The van der Waals surface area contributed by atoms with Gasteiger partial charge in [0.25, 0.3) is 5.91 Å². The fourth-order valence-corrected chi connectivity index (χ4v) is 4.78. The number of unbranched alkanes of at least 4 members (excludes halogenated alkanes) is 1. The van der Waals surface area contributed by atoms with E-state index in [0.717, 1.165) is 61.2 Å². The number of halogens is 1. The molecule has 0 saturated heterocycles. The molecule has 1 aromatic heterocycles. The van der Waals surface area contributed by atoms with Crippen LogP contribution in [0.15, 0.2) is 57.8 Å². The molecule has 0 radical (unpaired) electrons. The summed E-state index contributed by atoms with van der Waals surface area (Å²) in [7, 11) is 0. The van der Waals surface area contributed by atoms with Crippen molar-refractivity contribution in [3.8, 4) is 0 Å². The van der Waals surface area contributed by atoms with Crippen LogP contribution in [0.5, 0.6) is 0 Å². The van der Waals surface area contributed by atoms with Gasteiger partial charge in [0.2, 0.25) is 5.43 Å². The second-order valence-electron chi connectivity index (χ2n) is 8.40. The molecule has 0 atom stereocenters. The topological polar surface area (TPSA) is 51.1 Å². The summed E-state index contributed by atoms with van der Waals surface area (Å²) in [6.45, 7) is 8.70. The average molecular weight is 509 g/mol. The van der Waals surface area contributed by atoms with Crippen molar-refractivity contribution in [3.63, 3.8) is 0 Å². The number of nitrogens with one attached hydrogen (secondary N) is 1. The number of amides is 1. The Hall–Kier alpha value is -2.66. The number of para-hydroxylation sites is 1. The van der Waals surface area contributed by atoms with Gasteiger partial charge >= 0.3 is 0 Å². The van der Waals surface area contributed by atoms with Crippen LogP contribution >= 0.6 is 15.9 Å². The summed E-state index contributed by atoms with van der Waals surface area (Å²) in [6.07, 6.45) is 4.64. The van der Waals surface area contributed by atoms with E-state index in [1.807, 2.05) is 38.1 Å². The van der Waals surface area contributed by atoms with E-state index in [-0.39, 0.29) is 16.9 Å².